The van der Waals surface area contributed by atoms with Gasteiger partial charge in [-0.3, -0.25) is 4.79 Å². The van der Waals surface area contributed by atoms with E-state index >= 15 is 0 Å². The molecule has 2 N–H and O–H groups in total. The Morgan fingerprint density at radius 3 is 2.77 bits per heavy atom. The summed E-state index contributed by atoms with van der Waals surface area (Å²) in [4.78, 5) is 11.1. The lowest BCUT2D eigenvalue weighted by Crippen LogP contribution is -2.35. The summed E-state index contributed by atoms with van der Waals surface area (Å²) in [5.41, 5.74) is 0. The molecule has 0 radical (unpaired) electrons. The zero-order chi connectivity index (χ0) is 10.1. The summed E-state index contributed by atoms with van der Waals surface area (Å²) >= 11 is 0. The number of nitrogens with one attached hydrogen (secondary N) is 1. The summed E-state index contributed by atoms with van der Waals surface area (Å²) in [6.45, 7) is 4.90. The molecular weight excluding hydrogens is 170 g/mol. The van der Waals surface area contributed by atoms with Crippen molar-refractivity contribution in [1.29, 1.82) is 0 Å². The van der Waals surface area contributed by atoms with Gasteiger partial charge in [-0.25, -0.2) is 0 Å². The van der Waals surface area contributed by atoms with Crippen molar-refractivity contribution >= 4 is 5.91 Å². The zero-order valence-corrected chi connectivity index (χ0v) is 8.38. The number of carbonyl (C=O) groups excluding carboxylic acids is 1. The van der Waals surface area contributed by atoms with Crippen LogP contribution in [0.1, 0.15) is 26.7 Å². The van der Waals surface area contributed by atoms with Crippen LogP contribution in [0, 0.1) is 0 Å². The topological polar surface area (TPSA) is 58.6 Å². The fourth-order valence-electron chi connectivity index (χ4n) is 0.804. The second kappa shape index (κ2) is 8.01. The lowest BCUT2D eigenvalue weighted by molar-refractivity contribution is -0.123. The minimum absolute atomic E-state index is 0.0262. The minimum atomic E-state index is -0.168. The first-order chi connectivity index (χ1) is 6.20. The maximum Gasteiger partial charge on any atom is 0.222 e. The smallest absolute Gasteiger partial charge is 0.222 e. The summed E-state index contributed by atoms with van der Waals surface area (Å²) < 4.78 is 5.15. The third kappa shape index (κ3) is 7.74. The number of amides is 1. The maximum absolute atomic E-state index is 11.1. The van der Waals surface area contributed by atoms with Gasteiger partial charge in [-0.2, -0.15) is 0 Å². The molecule has 4 nitrogen and oxygen atoms in total. The average molecular weight is 189 g/mol. The number of hydrogen-bond donors (Lipinski definition) is 2. The van der Waals surface area contributed by atoms with Crippen LogP contribution in [0.2, 0.25) is 0 Å². The van der Waals surface area contributed by atoms with Crippen LogP contribution in [-0.2, 0) is 9.53 Å². The SMILES string of the molecule is CCCOCCC(=O)NC(C)CO. The van der Waals surface area contributed by atoms with E-state index in [1.54, 1.807) is 6.92 Å². The third-order valence-electron chi connectivity index (χ3n) is 1.50. The van der Waals surface area contributed by atoms with Crippen LogP contribution in [0.3, 0.4) is 0 Å². The van der Waals surface area contributed by atoms with Crippen molar-refractivity contribution in [1.82, 2.24) is 5.32 Å². The van der Waals surface area contributed by atoms with E-state index in [1.807, 2.05) is 6.92 Å². The number of rotatable bonds is 7. The molecule has 0 aliphatic heterocycles. The van der Waals surface area contributed by atoms with E-state index in [2.05, 4.69) is 5.32 Å². The molecule has 0 aromatic carbocycles. The van der Waals surface area contributed by atoms with Crippen molar-refractivity contribution in [3.63, 3.8) is 0 Å². The van der Waals surface area contributed by atoms with Gasteiger partial charge in [0.15, 0.2) is 0 Å². The Bertz CT molecular complexity index is 139. The lowest BCUT2D eigenvalue weighted by atomic mass is 10.3. The molecule has 0 rings (SSSR count). The predicted octanol–water partition coefficient (Wildman–Crippen LogP) is 0.300. The normalized spacial score (nSPS) is 12.5. The number of ether oxygens (including phenoxy) is 1. The van der Waals surface area contributed by atoms with E-state index in [1.165, 1.54) is 0 Å². The molecule has 1 amide bonds. The van der Waals surface area contributed by atoms with Gasteiger partial charge in [0, 0.05) is 19.1 Å². The maximum atomic E-state index is 11.1. The quantitative estimate of drug-likeness (QED) is 0.566. The van der Waals surface area contributed by atoms with Crippen LogP contribution in [0.25, 0.3) is 0 Å². The standard InChI is InChI=1S/C9H19NO3/c1-3-5-13-6-4-9(12)10-8(2)7-11/h8,11H,3-7H2,1-2H3,(H,10,12). The van der Waals surface area contributed by atoms with Crippen molar-refractivity contribution in [3.05, 3.63) is 0 Å². The Kier molecular flexibility index (Phi) is 7.63. The Morgan fingerprint density at radius 2 is 2.23 bits per heavy atom. The third-order valence-corrected chi connectivity index (χ3v) is 1.50. The van der Waals surface area contributed by atoms with Crippen molar-refractivity contribution in [2.75, 3.05) is 19.8 Å². The van der Waals surface area contributed by atoms with Gasteiger partial charge in [0.05, 0.1) is 13.2 Å². The molecule has 0 saturated heterocycles. The molecule has 0 aromatic rings. The molecular formula is C9H19NO3. The largest absolute Gasteiger partial charge is 0.394 e. The van der Waals surface area contributed by atoms with Crippen LogP contribution < -0.4 is 5.32 Å². The second-order valence-corrected chi connectivity index (χ2v) is 3.01. The van der Waals surface area contributed by atoms with Gasteiger partial charge in [0.1, 0.15) is 0 Å². The van der Waals surface area contributed by atoms with Crippen LogP contribution in [0.4, 0.5) is 0 Å². The molecule has 0 heterocycles. The van der Waals surface area contributed by atoms with E-state index in [0.717, 1.165) is 6.42 Å². The summed E-state index contributed by atoms with van der Waals surface area (Å²) in [7, 11) is 0. The van der Waals surface area contributed by atoms with E-state index in [-0.39, 0.29) is 18.6 Å². The highest BCUT2D eigenvalue weighted by Crippen LogP contribution is 1.87. The van der Waals surface area contributed by atoms with Crippen molar-refractivity contribution in [2.45, 2.75) is 32.7 Å². The second-order valence-electron chi connectivity index (χ2n) is 3.01. The molecule has 78 valence electrons. The first-order valence-corrected chi connectivity index (χ1v) is 4.68. The average Bonchev–Trinajstić information content (AvgIpc) is 2.12. The molecule has 0 bridgehead atoms. The fraction of sp³-hybridized carbons (Fsp3) is 0.889. The number of hydrogen-bond acceptors (Lipinski definition) is 3. The van der Waals surface area contributed by atoms with Gasteiger partial charge < -0.3 is 15.2 Å². The molecule has 0 aliphatic carbocycles. The summed E-state index contributed by atoms with van der Waals surface area (Å²) in [5.74, 6) is -0.0716. The Morgan fingerprint density at radius 1 is 1.54 bits per heavy atom. The molecule has 0 aliphatic rings. The molecule has 0 saturated carbocycles. The zero-order valence-electron chi connectivity index (χ0n) is 8.38. The molecule has 0 fully saturated rings. The van der Waals surface area contributed by atoms with Gasteiger partial charge in [-0.15, -0.1) is 0 Å². The van der Waals surface area contributed by atoms with Crippen molar-refractivity contribution < 1.29 is 14.6 Å². The van der Waals surface area contributed by atoms with Crippen molar-refractivity contribution in [2.24, 2.45) is 0 Å². The van der Waals surface area contributed by atoms with Crippen LogP contribution in [-0.4, -0.2) is 36.9 Å². The van der Waals surface area contributed by atoms with Crippen LogP contribution in [0.15, 0.2) is 0 Å². The molecule has 0 aromatic heterocycles. The number of carbonyl (C=O) groups is 1. The highest BCUT2D eigenvalue weighted by Gasteiger charge is 2.04. The summed E-state index contributed by atoms with van der Waals surface area (Å²) in [5, 5.41) is 11.3. The Balaban J connectivity index is 3.30. The molecule has 13 heavy (non-hydrogen) atoms. The predicted molar refractivity (Wildman–Crippen MR) is 50.4 cm³/mol. The van der Waals surface area contributed by atoms with Gasteiger partial charge in [-0.1, -0.05) is 6.92 Å². The van der Waals surface area contributed by atoms with Crippen molar-refractivity contribution in [3.8, 4) is 0 Å². The van der Waals surface area contributed by atoms with E-state index in [0.29, 0.717) is 19.6 Å². The van der Waals surface area contributed by atoms with Crippen LogP contribution >= 0.6 is 0 Å². The Hall–Kier alpha value is -0.610. The van der Waals surface area contributed by atoms with Crippen LogP contribution in [0.5, 0.6) is 0 Å². The first kappa shape index (κ1) is 12.4. The molecule has 4 heteroatoms. The summed E-state index contributed by atoms with van der Waals surface area (Å²) in [6.07, 6.45) is 1.33. The number of aliphatic hydroxyl groups excluding tert-OH is 1. The van der Waals surface area contributed by atoms with Gasteiger partial charge in [0.25, 0.3) is 0 Å². The van der Waals surface area contributed by atoms with E-state index in [9.17, 15) is 4.79 Å². The molecule has 0 spiro atoms. The monoisotopic (exact) mass is 189 g/mol. The van der Waals surface area contributed by atoms with Gasteiger partial charge in [-0.05, 0) is 13.3 Å². The molecule has 1 atom stereocenters. The highest BCUT2D eigenvalue weighted by atomic mass is 16.5. The van der Waals surface area contributed by atoms with E-state index < -0.39 is 0 Å². The summed E-state index contributed by atoms with van der Waals surface area (Å²) in [6, 6.07) is -0.168. The van der Waals surface area contributed by atoms with Gasteiger partial charge >= 0.3 is 0 Å². The lowest BCUT2D eigenvalue weighted by Gasteiger charge is -2.10. The Labute approximate surface area is 79.3 Å². The number of aliphatic hydroxyl groups is 1. The highest BCUT2D eigenvalue weighted by molar-refractivity contribution is 5.76. The molecule has 1 unspecified atom stereocenters. The fourth-order valence-corrected chi connectivity index (χ4v) is 0.804. The minimum Gasteiger partial charge on any atom is -0.394 e. The van der Waals surface area contributed by atoms with E-state index in [4.69, 9.17) is 9.84 Å². The van der Waals surface area contributed by atoms with Gasteiger partial charge in [0.2, 0.25) is 5.91 Å². The first-order valence-electron chi connectivity index (χ1n) is 4.68.